The van der Waals surface area contributed by atoms with Crippen LogP contribution in [0.25, 0.3) is 0 Å². The van der Waals surface area contributed by atoms with Crippen LogP contribution in [0.1, 0.15) is 34.6 Å². The van der Waals surface area contributed by atoms with Crippen molar-refractivity contribution < 1.29 is 4.74 Å². The Morgan fingerprint density at radius 2 is 1.75 bits per heavy atom. The summed E-state index contributed by atoms with van der Waals surface area (Å²) in [6.45, 7) is 6.82. The lowest BCUT2D eigenvalue weighted by atomic mass is 10.00. The molecule has 2 aromatic rings. The van der Waals surface area contributed by atoms with Gasteiger partial charge in [-0.05, 0) is 44.0 Å². The molecule has 0 heterocycles. The average Bonchev–Trinajstić information content (AvgIpc) is 2.37. The van der Waals surface area contributed by atoms with Crippen molar-refractivity contribution in [1.29, 1.82) is 0 Å². The fourth-order valence-electron chi connectivity index (χ4n) is 2.31. The first-order valence-corrected chi connectivity index (χ1v) is 7.88. The van der Waals surface area contributed by atoms with E-state index in [1.807, 2.05) is 25.1 Å². The normalized spacial score (nSPS) is 12.2. The van der Waals surface area contributed by atoms with Crippen LogP contribution in [-0.2, 0) is 0 Å². The fourth-order valence-corrected chi connectivity index (χ4v) is 3.34. The number of halogens is 2. The molecule has 0 amide bonds. The maximum atomic E-state index is 6.64. The van der Waals surface area contributed by atoms with Crippen molar-refractivity contribution in [2.24, 2.45) is 0 Å². The molecule has 1 nitrogen and oxygen atoms in total. The molecule has 0 aliphatic carbocycles. The maximum absolute atomic E-state index is 6.64. The lowest BCUT2D eigenvalue weighted by Crippen LogP contribution is -1.98. The lowest BCUT2D eigenvalue weighted by Gasteiger charge is -2.15. The van der Waals surface area contributed by atoms with Crippen LogP contribution in [-0.4, -0.2) is 6.61 Å². The van der Waals surface area contributed by atoms with Crippen LogP contribution < -0.4 is 4.74 Å². The molecule has 0 saturated carbocycles. The highest BCUT2D eigenvalue weighted by Gasteiger charge is 2.15. The summed E-state index contributed by atoms with van der Waals surface area (Å²) in [7, 11) is 0. The molecule has 1 unspecified atom stereocenters. The van der Waals surface area contributed by atoms with Gasteiger partial charge in [-0.25, -0.2) is 0 Å². The van der Waals surface area contributed by atoms with Crippen molar-refractivity contribution in [3.63, 3.8) is 0 Å². The van der Waals surface area contributed by atoms with Crippen LogP contribution >= 0.6 is 27.5 Å². The number of aryl methyl sites for hydroxylation is 2. The number of hydrogen-bond acceptors (Lipinski definition) is 1. The van der Waals surface area contributed by atoms with Crippen molar-refractivity contribution in [3.05, 3.63) is 63.1 Å². The monoisotopic (exact) mass is 352 g/mol. The van der Waals surface area contributed by atoms with Crippen molar-refractivity contribution >= 4 is 27.5 Å². The van der Waals surface area contributed by atoms with Crippen LogP contribution in [0.5, 0.6) is 5.75 Å². The summed E-state index contributed by atoms with van der Waals surface area (Å²) < 4.78 is 6.47. The van der Waals surface area contributed by atoms with E-state index < -0.39 is 0 Å². The number of hydrogen-bond donors (Lipinski definition) is 0. The molecule has 0 N–H and O–H groups in total. The minimum absolute atomic E-state index is 0.168. The highest BCUT2D eigenvalue weighted by molar-refractivity contribution is 9.10. The Bertz CT molecular complexity index is 590. The van der Waals surface area contributed by atoms with Gasteiger partial charge < -0.3 is 4.74 Å². The van der Waals surface area contributed by atoms with Crippen LogP contribution in [0.4, 0.5) is 0 Å². The Labute approximate surface area is 134 Å². The van der Waals surface area contributed by atoms with Crippen molar-refractivity contribution in [1.82, 2.24) is 0 Å². The molecule has 2 rings (SSSR count). The van der Waals surface area contributed by atoms with E-state index in [1.165, 1.54) is 11.1 Å². The van der Waals surface area contributed by atoms with Gasteiger partial charge in [0, 0.05) is 4.47 Å². The van der Waals surface area contributed by atoms with Gasteiger partial charge in [0.2, 0.25) is 0 Å². The van der Waals surface area contributed by atoms with Gasteiger partial charge in [-0.2, -0.15) is 0 Å². The quantitative estimate of drug-likeness (QED) is 0.632. The maximum Gasteiger partial charge on any atom is 0.120 e. The molecule has 3 heteroatoms. The zero-order valence-corrected chi connectivity index (χ0v) is 14.3. The summed E-state index contributed by atoms with van der Waals surface area (Å²) in [5, 5.41) is -0.168. The largest absolute Gasteiger partial charge is 0.494 e. The van der Waals surface area contributed by atoms with E-state index in [0.29, 0.717) is 6.61 Å². The van der Waals surface area contributed by atoms with Gasteiger partial charge in [0.05, 0.1) is 12.0 Å². The number of benzene rings is 2. The molecule has 0 aliphatic rings. The van der Waals surface area contributed by atoms with Gasteiger partial charge in [-0.15, -0.1) is 11.6 Å². The first-order chi connectivity index (χ1) is 9.51. The molecular formula is C17H18BrClO. The van der Waals surface area contributed by atoms with Gasteiger partial charge in [0.25, 0.3) is 0 Å². The Morgan fingerprint density at radius 3 is 2.30 bits per heavy atom. The zero-order chi connectivity index (χ0) is 14.7. The first-order valence-electron chi connectivity index (χ1n) is 6.65. The molecule has 0 aliphatic heterocycles. The zero-order valence-electron chi connectivity index (χ0n) is 11.9. The molecule has 0 fully saturated rings. The van der Waals surface area contributed by atoms with Gasteiger partial charge >= 0.3 is 0 Å². The Hall–Kier alpha value is -0.990. The van der Waals surface area contributed by atoms with Gasteiger partial charge in [-0.1, -0.05) is 51.3 Å². The second kappa shape index (κ2) is 6.64. The van der Waals surface area contributed by atoms with Crippen molar-refractivity contribution in [2.75, 3.05) is 6.61 Å². The number of ether oxygens (including phenoxy) is 1. The SMILES string of the molecule is CCOc1ccc(C(Cl)c2cc(C)cc(C)c2)c(Br)c1. The molecule has 106 valence electrons. The molecular weight excluding hydrogens is 336 g/mol. The topological polar surface area (TPSA) is 9.23 Å². The molecule has 1 atom stereocenters. The summed E-state index contributed by atoms with van der Waals surface area (Å²) in [6.07, 6.45) is 0. The molecule has 0 spiro atoms. The average molecular weight is 354 g/mol. The van der Waals surface area contributed by atoms with E-state index in [2.05, 4.69) is 48.0 Å². The Balaban J connectivity index is 2.35. The van der Waals surface area contributed by atoms with E-state index in [4.69, 9.17) is 16.3 Å². The molecule has 0 aromatic heterocycles. The van der Waals surface area contributed by atoms with Gasteiger partial charge in [0.15, 0.2) is 0 Å². The van der Waals surface area contributed by atoms with Crippen LogP contribution in [0.3, 0.4) is 0 Å². The summed E-state index contributed by atoms with van der Waals surface area (Å²) in [4.78, 5) is 0. The summed E-state index contributed by atoms with van der Waals surface area (Å²) in [5.41, 5.74) is 4.63. The minimum Gasteiger partial charge on any atom is -0.494 e. The van der Waals surface area contributed by atoms with Crippen LogP contribution in [0, 0.1) is 13.8 Å². The summed E-state index contributed by atoms with van der Waals surface area (Å²) in [5.74, 6) is 0.854. The van der Waals surface area contributed by atoms with E-state index in [9.17, 15) is 0 Å². The first kappa shape index (κ1) is 15.4. The minimum atomic E-state index is -0.168. The third-order valence-corrected chi connectivity index (χ3v) is 4.27. The van der Waals surface area contributed by atoms with Gasteiger partial charge in [0.1, 0.15) is 5.75 Å². The van der Waals surface area contributed by atoms with Crippen LogP contribution in [0.15, 0.2) is 40.9 Å². The highest BCUT2D eigenvalue weighted by atomic mass is 79.9. The molecule has 2 aromatic carbocycles. The van der Waals surface area contributed by atoms with E-state index in [-0.39, 0.29) is 5.38 Å². The third-order valence-electron chi connectivity index (χ3n) is 3.09. The predicted octanol–water partition coefficient (Wildman–Crippen LogP) is 5.79. The highest BCUT2D eigenvalue weighted by Crippen LogP contribution is 2.36. The standard InChI is InChI=1S/C17H18BrClO/c1-4-20-14-5-6-15(16(18)10-14)17(19)13-8-11(2)7-12(3)9-13/h5-10,17H,4H2,1-3H3. The summed E-state index contributed by atoms with van der Waals surface area (Å²) >= 11 is 10.2. The number of alkyl halides is 1. The number of rotatable bonds is 4. The second-order valence-corrected chi connectivity index (χ2v) is 6.19. The molecule has 0 saturated heterocycles. The lowest BCUT2D eigenvalue weighted by molar-refractivity contribution is 0.340. The fraction of sp³-hybridized carbons (Fsp3) is 0.294. The smallest absolute Gasteiger partial charge is 0.120 e. The summed E-state index contributed by atoms with van der Waals surface area (Å²) in [6, 6.07) is 12.4. The van der Waals surface area contributed by atoms with E-state index in [0.717, 1.165) is 21.3 Å². The third kappa shape index (κ3) is 3.56. The molecule has 0 radical (unpaired) electrons. The predicted molar refractivity (Wildman–Crippen MR) is 88.9 cm³/mol. The van der Waals surface area contributed by atoms with Crippen molar-refractivity contribution in [2.45, 2.75) is 26.1 Å². The van der Waals surface area contributed by atoms with Gasteiger partial charge in [-0.3, -0.25) is 0 Å². The van der Waals surface area contributed by atoms with E-state index >= 15 is 0 Å². The Kier molecular flexibility index (Phi) is 5.11. The molecule has 20 heavy (non-hydrogen) atoms. The van der Waals surface area contributed by atoms with Crippen molar-refractivity contribution in [3.8, 4) is 5.75 Å². The van der Waals surface area contributed by atoms with Crippen LogP contribution in [0.2, 0.25) is 0 Å². The van der Waals surface area contributed by atoms with E-state index in [1.54, 1.807) is 0 Å². The Morgan fingerprint density at radius 1 is 1.10 bits per heavy atom. The molecule has 0 bridgehead atoms. The second-order valence-electron chi connectivity index (χ2n) is 4.90.